The van der Waals surface area contributed by atoms with Crippen molar-refractivity contribution in [1.82, 2.24) is 0 Å². The summed E-state index contributed by atoms with van der Waals surface area (Å²) in [5.41, 5.74) is 1.99. The molecule has 100 valence electrons. The third kappa shape index (κ3) is 3.49. The minimum atomic E-state index is -0.954. The zero-order chi connectivity index (χ0) is 14.0. The van der Waals surface area contributed by atoms with Crippen molar-refractivity contribution in [2.24, 2.45) is 0 Å². The third-order valence-electron chi connectivity index (χ3n) is 2.64. The molecule has 0 bridgehead atoms. The second-order valence-corrected chi connectivity index (χ2v) is 6.81. The fourth-order valence-electron chi connectivity index (χ4n) is 1.79. The van der Waals surface area contributed by atoms with Gasteiger partial charge in [0.25, 0.3) is 0 Å². The summed E-state index contributed by atoms with van der Waals surface area (Å²) in [6, 6.07) is 6.81. The number of hydrogen-bond acceptors (Lipinski definition) is 3. The Balaban J connectivity index is 2.29. The van der Waals surface area contributed by atoms with Gasteiger partial charge in [0.1, 0.15) is 0 Å². The minimum absolute atomic E-state index is 0.251. The average Bonchev–Trinajstić information content (AvgIpc) is 2.74. The Labute approximate surface area is 128 Å². The summed E-state index contributed by atoms with van der Waals surface area (Å²) in [7, 11) is 1.85. The number of rotatable bonds is 4. The van der Waals surface area contributed by atoms with Gasteiger partial charge < -0.3 is 10.0 Å². The summed E-state index contributed by atoms with van der Waals surface area (Å²) < 4.78 is 1.06. The van der Waals surface area contributed by atoms with Crippen molar-refractivity contribution in [2.75, 3.05) is 11.9 Å². The number of nitrogens with zero attached hydrogens (tertiary/aromatic N) is 1. The summed E-state index contributed by atoms with van der Waals surface area (Å²) >= 11 is 11.0. The normalized spacial score (nSPS) is 10.5. The first-order valence-corrected chi connectivity index (χ1v) is 7.49. The molecule has 0 aliphatic heterocycles. The number of anilines is 1. The van der Waals surface area contributed by atoms with Crippen LogP contribution in [0.3, 0.4) is 0 Å². The van der Waals surface area contributed by atoms with E-state index in [4.69, 9.17) is 11.6 Å². The van der Waals surface area contributed by atoms with Crippen molar-refractivity contribution in [3.8, 4) is 0 Å². The molecule has 0 aliphatic carbocycles. The van der Waals surface area contributed by atoms with Crippen LogP contribution in [0.4, 0.5) is 5.69 Å². The molecule has 2 rings (SSSR count). The predicted octanol–water partition coefficient (Wildman–Crippen LogP) is 4.50. The second-order valence-electron chi connectivity index (χ2n) is 4.08. The van der Waals surface area contributed by atoms with E-state index in [9.17, 15) is 9.90 Å². The maximum atomic E-state index is 11.2. The Morgan fingerprint density at radius 2 is 2.21 bits per heavy atom. The molecule has 1 heterocycles. The van der Waals surface area contributed by atoms with Gasteiger partial charge in [0.05, 0.1) is 15.0 Å². The molecule has 0 fully saturated rings. The van der Waals surface area contributed by atoms with Crippen LogP contribution in [-0.2, 0) is 6.54 Å². The molecule has 1 aromatic carbocycles. The highest BCUT2D eigenvalue weighted by Gasteiger charge is 2.14. The van der Waals surface area contributed by atoms with Gasteiger partial charge in [-0.3, -0.25) is 0 Å². The molecule has 1 N–H and O–H groups in total. The Kier molecular flexibility index (Phi) is 4.50. The van der Waals surface area contributed by atoms with Gasteiger partial charge in [-0.1, -0.05) is 11.6 Å². The number of carboxylic acids is 1. The molecular weight excluding hydrogens is 350 g/mol. The van der Waals surface area contributed by atoms with Crippen LogP contribution in [0.2, 0.25) is 5.02 Å². The first-order valence-electron chi connectivity index (χ1n) is 5.44. The van der Waals surface area contributed by atoms with E-state index in [2.05, 4.69) is 15.9 Å². The van der Waals surface area contributed by atoms with Gasteiger partial charge >= 0.3 is 5.97 Å². The van der Waals surface area contributed by atoms with Gasteiger partial charge in [0.15, 0.2) is 0 Å². The number of aromatic carboxylic acids is 1. The molecular formula is C13H11BrClNO2S. The maximum Gasteiger partial charge on any atom is 0.337 e. The fraction of sp³-hybridized carbons (Fsp3) is 0.154. The summed E-state index contributed by atoms with van der Waals surface area (Å²) in [5, 5.41) is 11.8. The van der Waals surface area contributed by atoms with E-state index in [1.54, 1.807) is 23.5 Å². The number of thiophene rings is 1. The molecule has 19 heavy (non-hydrogen) atoms. The molecule has 0 aliphatic rings. The zero-order valence-corrected chi connectivity index (χ0v) is 13.2. The molecule has 0 unspecified atom stereocenters. The highest BCUT2D eigenvalue weighted by Crippen LogP contribution is 2.27. The van der Waals surface area contributed by atoms with Crippen LogP contribution in [-0.4, -0.2) is 18.1 Å². The lowest BCUT2D eigenvalue weighted by Gasteiger charge is -2.21. The maximum absolute atomic E-state index is 11.2. The topological polar surface area (TPSA) is 40.5 Å². The molecule has 1 aromatic heterocycles. The van der Waals surface area contributed by atoms with Crippen LogP contribution in [0.25, 0.3) is 0 Å². The van der Waals surface area contributed by atoms with Crippen molar-refractivity contribution in [3.05, 3.63) is 49.6 Å². The molecule has 6 heteroatoms. The molecule has 0 atom stereocenters. The summed E-state index contributed by atoms with van der Waals surface area (Å²) in [6.45, 7) is 0.628. The van der Waals surface area contributed by atoms with Gasteiger partial charge in [-0.15, -0.1) is 11.3 Å². The zero-order valence-electron chi connectivity index (χ0n) is 10.1. The van der Waals surface area contributed by atoms with E-state index in [1.165, 1.54) is 6.07 Å². The molecule has 2 aromatic rings. The van der Waals surface area contributed by atoms with Crippen LogP contribution in [0.1, 0.15) is 15.9 Å². The summed E-state index contributed by atoms with van der Waals surface area (Å²) in [6.07, 6.45) is 0. The lowest BCUT2D eigenvalue weighted by molar-refractivity contribution is 0.0697. The molecule has 3 nitrogen and oxygen atoms in total. The van der Waals surface area contributed by atoms with Crippen molar-refractivity contribution in [3.63, 3.8) is 0 Å². The second kappa shape index (κ2) is 5.94. The van der Waals surface area contributed by atoms with Crippen molar-refractivity contribution >= 4 is 50.5 Å². The number of halogens is 2. The van der Waals surface area contributed by atoms with E-state index in [0.717, 1.165) is 9.35 Å². The average molecular weight is 361 g/mol. The van der Waals surface area contributed by atoms with Crippen molar-refractivity contribution in [2.45, 2.75) is 6.54 Å². The van der Waals surface area contributed by atoms with E-state index in [-0.39, 0.29) is 5.56 Å². The van der Waals surface area contributed by atoms with Crippen LogP contribution in [0.5, 0.6) is 0 Å². The van der Waals surface area contributed by atoms with Gasteiger partial charge in [-0.05, 0) is 51.1 Å². The fourth-order valence-corrected chi connectivity index (χ4v) is 3.16. The standard InChI is InChI=1S/C13H11BrClNO2S/c1-16(6-8-4-12(14)19-7-8)11-5-9(15)2-3-10(11)13(17)18/h2-5,7H,6H2,1H3,(H,17,18). The third-order valence-corrected chi connectivity index (χ3v) is 4.43. The number of benzene rings is 1. The predicted molar refractivity (Wildman–Crippen MR) is 82.5 cm³/mol. The van der Waals surface area contributed by atoms with E-state index in [0.29, 0.717) is 17.3 Å². The Bertz CT molecular complexity index is 614. The molecule has 0 saturated carbocycles. The van der Waals surface area contributed by atoms with Crippen LogP contribution in [0, 0.1) is 0 Å². The first kappa shape index (κ1) is 14.4. The molecule has 0 radical (unpaired) electrons. The van der Waals surface area contributed by atoms with Gasteiger partial charge in [-0.2, -0.15) is 0 Å². The van der Waals surface area contributed by atoms with Crippen LogP contribution in [0.15, 0.2) is 33.4 Å². The van der Waals surface area contributed by atoms with Crippen LogP contribution >= 0.6 is 38.9 Å². The van der Waals surface area contributed by atoms with Gasteiger partial charge in [0, 0.05) is 18.6 Å². The Morgan fingerprint density at radius 1 is 1.47 bits per heavy atom. The highest BCUT2D eigenvalue weighted by molar-refractivity contribution is 9.11. The Morgan fingerprint density at radius 3 is 2.79 bits per heavy atom. The summed E-state index contributed by atoms with van der Waals surface area (Å²) in [4.78, 5) is 13.1. The largest absolute Gasteiger partial charge is 0.478 e. The number of hydrogen-bond donors (Lipinski definition) is 1. The smallest absolute Gasteiger partial charge is 0.337 e. The molecule has 0 spiro atoms. The number of carboxylic acid groups (broad SMARTS) is 1. The number of carbonyl (C=O) groups is 1. The Hall–Kier alpha value is -1.04. The van der Waals surface area contributed by atoms with Crippen LogP contribution < -0.4 is 4.90 Å². The quantitative estimate of drug-likeness (QED) is 0.873. The first-order chi connectivity index (χ1) is 8.97. The monoisotopic (exact) mass is 359 g/mol. The van der Waals surface area contributed by atoms with Crippen molar-refractivity contribution < 1.29 is 9.90 Å². The highest BCUT2D eigenvalue weighted by atomic mass is 79.9. The van der Waals surface area contributed by atoms with E-state index in [1.807, 2.05) is 23.4 Å². The van der Waals surface area contributed by atoms with Gasteiger partial charge in [-0.25, -0.2) is 4.79 Å². The minimum Gasteiger partial charge on any atom is -0.478 e. The lowest BCUT2D eigenvalue weighted by atomic mass is 10.1. The van der Waals surface area contributed by atoms with E-state index >= 15 is 0 Å². The SMILES string of the molecule is CN(Cc1csc(Br)c1)c1cc(Cl)ccc1C(=O)O. The molecule has 0 saturated heterocycles. The molecule has 0 amide bonds. The van der Waals surface area contributed by atoms with E-state index < -0.39 is 5.97 Å². The summed E-state index contributed by atoms with van der Waals surface area (Å²) in [5.74, 6) is -0.954. The lowest BCUT2D eigenvalue weighted by Crippen LogP contribution is -2.19. The van der Waals surface area contributed by atoms with Gasteiger partial charge in [0.2, 0.25) is 0 Å². The van der Waals surface area contributed by atoms with Crippen molar-refractivity contribution in [1.29, 1.82) is 0 Å².